The molecule has 218 valence electrons. The Hall–Kier alpha value is -3.56. The molecule has 1 aliphatic rings. The predicted molar refractivity (Wildman–Crippen MR) is 161 cm³/mol. The first-order valence-electron chi connectivity index (χ1n) is 13.7. The Bertz CT molecular complexity index is 1480. The first-order valence-corrected chi connectivity index (χ1v) is 15.5. The molecule has 0 aromatic heterocycles. The number of carbonyl (C=O) groups is 2. The van der Waals surface area contributed by atoms with Gasteiger partial charge in [-0.15, -0.1) is 0 Å². The quantitative estimate of drug-likeness (QED) is 0.322. The molecule has 1 atom stereocenters. The highest BCUT2D eigenvalue weighted by Gasteiger charge is 2.34. The van der Waals surface area contributed by atoms with Gasteiger partial charge >= 0.3 is 0 Å². The van der Waals surface area contributed by atoms with Gasteiger partial charge in [-0.3, -0.25) is 13.9 Å². The van der Waals surface area contributed by atoms with Crippen LogP contribution in [-0.2, 0) is 26.2 Å². The summed E-state index contributed by atoms with van der Waals surface area (Å²) < 4.78 is 34.3. The molecule has 0 heterocycles. The lowest BCUT2D eigenvalue weighted by Gasteiger charge is -2.33. The minimum absolute atomic E-state index is 0.0403. The fraction of sp³-hybridized carbons (Fsp3) is 0.355. The van der Waals surface area contributed by atoms with Crippen molar-refractivity contribution < 1.29 is 22.7 Å². The van der Waals surface area contributed by atoms with Crippen LogP contribution in [-0.4, -0.2) is 50.9 Å². The van der Waals surface area contributed by atoms with Gasteiger partial charge in [0.2, 0.25) is 11.8 Å². The molecule has 8 nitrogen and oxygen atoms in total. The maximum Gasteiger partial charge on any atom is 0.264 e. The number of amides is 2. The van der Waals surface area contributed by atoms with Gasteiger partial charge in [-0.1, -0.05) is 60.8 Å². The van der Waals surface area contributed by atoms with Crippen LogP contribution in [0.3, 0.4) is 0 Å². The van der Waals surface area contributed by atoms with Gasteiger partial charge in [0, 0.05) is 17.6 Å². The van der Waals surface area contributed by atoms with Gasteiger partial charge in [0.25, 0.3) is 10.0 Å². The van der Waals surface area contributed by atoms with Crippen LogP contribution in [0.25, 0.3) is 0 Å². The third-order valence-electron chi connectivity index (χ3n) is 7.47. The van der Waals surface area contributed by atoms with Gasteiger partial charge in [-0.25, -0.2) is 8.42 Å². The normalized spacial score (nSPS) is 14.3. The van der Waals surface area contributed by atoms with Crippen molar-refractivity contribution in [1.29, 1.82) is 0 Å². The molecule has 2 amide bonds. The molecule has 10 heteroatoms. The van der Waals surface area contributed by atoms with Crippen molar-refractivity contribution >= 4 is 39.1 Å². The molecule has 3 aromatic carbocycles. The second-order valence-electron chi connectivity index (χ2n) is 10.2. The molecule has 4 rings (SSSR count). The zero-order valence-corrected chi connectivity index (χ0v) is 25.1. The van der Waals surface area contributed by atoms with E-state index in [0.717, 1.165) is 35.6 Å². The van der Waals surface area contributed by atoms with Crippen molar-refractivity contribution in [3.63, 3.8) is 0 Å². The zero-order valence-electron chi connectivity index (χ0n) is 23.5. The standard InChI is InChI=1S/C31H36ClN3O5S/c1-22-28(32)17-10-18-29(22)35(41(38,39)27-15-5-4-6-16-27)21-30(36)34(20-24-11-9-14-26(19-24)40-3)23(2)31(37)33-25-12-7-8-13-25/h4-6,9-11,14-19,23,25H,7-8,12-13,20-21H2,1-3H3,(H,33,37)/t23-/m1/s1. The lowest BCUT2D eigenvalue weighted by Crippen LogP contribution is -2.52. The third-order valence-corrected chi connectivity index (χ3v) is 9.66. The molecule has 0 saturated heterocycles. The van der Waals surface area contributed by atoms with E-state index < -0.39 is 28.5 Å². The summed E-state index contributed by atoms with van der Waals surface area (Å²) in [6.07, 6.45) is 3.91. The Kier molecular flexibility index (Phi) is 9.94. The van der Waals surface area contributed by atoms with E-state index in [9.17, 15) is 18.0 Å². The first-order chi connectivity index (χ1) is 19.6. The Morgan fingerprint density at radius 1 is 1.02 bits per heavy atom. The average Bonchev–Trinajstić information content (AvgIpc) is 3.49. The smallest absolute Gasteiger partial charge is 0.264 e. The summed E-state index contributed by atoms with van der Waals surface area (Å²) in [6.45, 7) is 2.94. The third kappa shape index (κ3) is 7.21. The maximum atomic E-state index is 14.1. The van der Waals surface area contributed by atoms with Crippen LogP contribution in [0.1, 0.15) is 43.7 Å². The number of ether oxygens (including phenoxy) is 1. The zero-order chi connectivity index (χ0) is 29.6. The average molecular weight is 598 g/mol. The first kappa shape index (κ1) is 30.4. The highest BCUT2D eigenvalue weighted by molar-refractivity contribution is 7.92. The van der Waals surface area contributed by atoms with Crippen LogP contribution < -0.4 is 14.4 Å². The molecule has 0 unspecified atom stereocenters. The van der Waals surface area contributed by atoms with E-state index in [1.54, 1.807) is 69.5 Å². The van der Waals surface area contributed by atoms with Gasteiger partial charge in [0.1, 0.15) is 18.3 Å². The summed E-state index contributed by atoms with van der Waals surface area (Å²) in [5.41, 5.74) is 1.56. The van der Waals surface area contributed by atoms with E-state index in [-0.39, 0.29) is 23.4 Å². The summed E-state index contributed by atoms with van der Waals surface area (Å²) >= 11 is 6.38. The molecule has 1 fully saturated rings. The molecule has 1 aliphatic carbocycles. The van der Waals surface area contributed by atoms with Crippen LogP contribution in [0, 0.1) is 6.92 Å². The molecule has 0 bridgehead atoms. The fourth-order valence-corrected chi connectivity index (χ4v) is 6.70. The minimum atomic E-state index is -4.16. The second-order valence-corrected chi connectivity index (χ2v) is 12.5. The molecule has 41 heavy (non-hydrogen) atoms. The van der Waals surface area contributed by atoms with Gasteiger partial charge < -0.3 is 15.0 Å². The largest absolute Gasteiger partial charge is 0.497 e. The molecule has 0 spiro atoms. The number of halogens is 1. The summed E-state index contributed by atoms with van der Waals surface area (Å²) in [7, 11) is -2.61. The highest BCUT2D eigenvalue weighted by atomic mass is 35.5. The van der Waals surface area contributed by atoms with E-state index >= 15 is 0 Å². The van der Waals surface area contributed by atoms with Crippen molar-refractivity contribution in [3.8, 4) is 5.75 Å². The van der Waals surface area contributed by atoms with E-state index in [2.05, 4.69) is 5.32 Å². The highest BCUT2D eigenvalue weighted by Crippen LogP contribution is 2.31. The van der Waals surface area contributed by atoms with Crippen molar-refractivity contribution in [3.05, 3.63) is 88.9 Å². The number of benzene rings is 3. The van der Waals surface area contributed by atoms with E-state index in [1.165, 1.54) is 17.0 Å². The number of nitrogens with one attached hydrogen (secondary N) is 1. The second kappa shape index (κ2) is 13.4. The van der Waals surface area contributed by atoms with Crippen molar-refractivity contribution in [2.24, 2.45) is 0 Å². The van der Waals surface area contributed by atoms with Gasteiger partial charge in [-0.05, 0) is 74.2 Å². The van der Waals surface area contributed by atoms with E-state index in [0.29, 0.717) is 22.0 Å². The molecule has 0 radical (unpaired) electrons. The maximum absolute atomic E-state index is 14.1. The molecule has 1 saturated carbocycles. The monoisotopic (exact) mass is 597 g/mol. The number of hydrogen-bond acceptors (Lipinski definition) is 5. The van der Waals surface area contributed by atoms with Gasteiger partial charge in [0.15, 0.2) is 0 Å². The topological polar surface area (TPSA) is 96.0 Å². The summed E-state index contributed by atoms with van der Waals surface area (Å²) in [4.78, 5) is 28.9. The molecule has 3 aromatic rings. The SMILES string of the molecule is COc1cccc(CN(C(=O)CN(c2cccc(Cl)c2C)S(=O)(=O)c2ccccc2)[C@H](C)C(=O)NC2CCCC2)c1. The lowest BCUT2D eigenvalue weighted by molar-refractivity contribution is -0.139. The number of nitrogens with zero attached hydrogens (tertiary/aromatic N) is 2. The van der Waals surface area contributed by atoms with E-state index in [1.807, 2.05) is 12.1 Å². The van der Waals surface area contributed by atoms with Crippen molar-refractivity contribution in [2.75, 3.05) is 18.0 Å². The fourth-order valence-electron chi connectivity index (χ4n) is 5.04. The predicted octanol–water partition coefficient (Wildman–Crippen LogP) is 5.33. The Morgan fingerprint density at radius 3 is 2.39 bits per heavy atom. The lowest BCUT2D eigenvalue weighted by atomic mass is 10.1. The van der Waals surface area contributed by atoms with Crippen LogP contribution >= 0.6 is 11.6 Å². The number of methoxy groups -OCH3 is 1. The number of rotatable bonds is 11. The van der Waals surface area contributed by atoms with Crippen LogP contribution in [0.5, 0.6) is 5.75 Å². The molecule has 1 N–H and O–H groups in total. The number of sulfonamides is 1. The van der Waals surface area contributed by atoms with E-state index in [4.69, 9.17) is 16.3 Å². The Balaban J connectivity index is 1.71. The summed E-state index contributed by atoms with van der Waals surface area (Å²) in [5, 5.41) is 3.45. The number of anilines is 1. The molecular formula is C31H36ClN3O5S. The number of hydrogen-bond donors (Lipinski definition) is 1. The summed E-state index contributed by atoms with van der Waals surface area (Å²) in [5.74, 6) is -0.189. The van der Waals surface area contributed by atoms with Gasteiger partial charge in [0.05, 0.1) is 17.7 Å². The van der Waals surface area contributed by atoms with Crippen LogP contribution in [0.15, 0.2) is 77.7 Å². The Morgan fingerprint density at radius 2 is 1.71 bits per heavy atom. The molecule has 0 aliphatic heterocycles. The minimum Gasteiger partial charge on any atom is -0.497 e. The molecular weight excluding hydrogens is 562 g/mol. The van der Waals surface area contributed by atoms with Gasteiger partial charge in [-0.2, -0.15) is 0 Å². The van der Waals surface area contributed by atoms with Crippen molar-refractivity contribution in [1.82, 2.24) is 10.2 Å². The van der Waals surface area contributed by atoms with Crippen LogP contribution in [0.2, 0.25) is 5.02 Å². The van der Waals surface area contributed by atoms with Crippen molar-refractivity contribution in [2.45, 2.75) is 63.1 Å². The Labute approximate surface area is 247 Å². The summed E-state index contributed by atoms with van der Waals surface area (Å²) in [6, 6.07) is 19.3. The van der Waals surface area contributed by atoms with Crippen LogP contribution in [0.4, 0.5) is 5.69 Å². The number of carbonyl (C=O) groups excluding carboxylic acids is 2.